The molecular formula is C21H42N2O4. The van der Waals surface area contributed by atoms with E-state index in [0.717, 1.165) is 45.8 Å². The highest BCUT2D eigenvalue weighted by Gasteiger charge is 2.25. The maximum Gasteiger partial charge on any atom is 0.135 e. The van der Waals surface area contributed by atoms with Crippen LogP contribution in [-0.4, -0.2) is 93.5 Å². The van der Waals surface area contributed by atoms with Crippen molar-refractivity contribution in [3.05, 3.63) is 0 Å². The number of ketones is 1. The molecule has 6 heteroatoms. The zero-order valence-electron chi connectivity index (χ0n) is 18.3. The van der Waals surface area contributed by atoms with E-state index < -0.39 is 0 Å². The Morgan fingerprint density at radius 1 is 0.852 bits per heavy atom. The third kappa shape index (κ3) is 11.8. The number of ether oxygens (including phenoxy) is 3. The van der Waals surface area contributed by atoms with E-state index >= 15 is 0 Å². The average Bonchev–Trinajstić information content (AvgIpc) is 2.62. The van der Waals surface area contributed by atoms with E-state index in [4.69, 9.17) is 14.2 Å². The van der Waals surface area contributed by atoms with Gasteiger partial charge in [0.25, 0.3) is 0 Å². The van der Waals surface area contributed by atoms with Crippen molar-refractivity contribution in [3.8, 4) is 0 Å². The normalized spacial score (nSPS) is 17.0. The van der Waals surface area contributed by atoms with Crippen LogP contribution in [0.2, 0.25) is 0 Å². The lowest BCUT2D eigenvalue weighted by atomic mass is 10.1. The van der Waals surface area contributed by atoms with Crippen LogP contribution in [0.4, 0.5) is 0 Å². The van der Waals surface area contributed by atoms with Gasteiger partial charge in [-0.3, -0.25) is 14.6 Å². The number of Topliss-reactive ketones (excluding diaryl/α,β-unsaturated/α-hetero) is 1. The summed E-state index contributed by atoms with van der Waals surface area (Å²) in [5, 5.41) is 0. The van der Waals surface area contributed by atoms with Crippen LogP contribution in [0.15, 0.2) is 0 Å². The van der Waals surface area contributed by atoms with Crippen LogP contribution in [0.3, 0.4) is 0 Å². The number of hydrogen-bond donors (Lipinski definition) is 0. The number of rotatable bonds is 14. The number of nitrogens with zero attached hydrogens (tertiary/aromatic N) is 2. The largest absolute Gasteiger partial charge is 0.379 e. The Balaban J connectivity index is 1.83. The average molecular weight is 387 g/mol. The molecule has 1 rings (SSSR count). The number of carbonyl (C=O) groups excluding carboxylic acids is 1. The zero-order valence-corrected chi connectivity index (χ0v) is 18.3. The second kappa shape index (κ2) is 13.6. The van der Waals surface area contributed by atoms with Crippen molar-refractivity contribution >= 4 is 5.78 Å². The molecule has 1 aliphatic heterocycles. The van der Waals surface area contributed by atoms with Crippen molar-refractivity contribution in [1.82, 2.24) is 9.80 Å². The van der Waals surface area contributed by atoms with Crippen LogP contribution >= 0.6 is 0 Å². The lowest BCUT2D eigenvalue weighted by Gasteiger charge is -2.42. The topological polar surface area (TPSA) is 51.2 Å². The molecular weight excluding hydrogens is 344 g/mol. The zero-order chi connectivity index (χ0) is 20.1. The van der Waals surface area contributed by atoms with Gasteiger partial charge in [0.2, 0.25) is 0 Å². The molecule has 0 atom stereocenters. The predicted octanol–water partition coefficient (Wildman–Crippen LogP) is 2.46. The molecule has 0 aromatic rings. The Labute approximate surface area is 166 Å². The number of carbonyl (C=O) groups is 1. The Morgan fingerprint density at radius 3 is 1.89 bits per heavy atom. The van der Waals surface area contributed by atoms with Gasteiger partial charge < -0.3 is 14.2 Å². The molecule has 0 N–H and O–H groups in total. The SMILES string of the molecule is CC(C)C(=O)CCCOCCOCCOCCN1CCN(C(C)(C)C)CC1. The molecule has 1 saturated heterocycles. The van der Waals surface area contributed by atoms with Gasteiger partial charge in [-0.15, -0.1) is 0 Å². The maximum absolute atomic E-state index is 11.5. The molecule has 0 aliphatic carbocycles. The van der Waals surface area contributed by atoms with Crippen molar-refractivity contribution in [2.75, 3.05) is 72.4 Å². The minimum atomic E-state index is 0.126. The molecule has 27 heavy (non-hydrogen) atoms. The quantitative estimate of drug-likeness (QED) is 0.428. The Morgan fingerprint density at radius 2 is 1.37 bits per heavy atom. The summed E-state index contributed by atoms with van der Waals surface area (Å²) in [5.41, 5.74) is 0.273. The van der Waals surface area contributed by atoms with E-state index in [9.17, 15) is 4.79 Å². The van der Waals surface area contributed by atoms with Gasteiger partial charge in [-0.05, 0) is 27.2 Å². The van der Waals surface area contributed by atoms with Crippen LogP contribution < -0.4 is 0 Å². The van der Waals surface area contributed by atoms with Crippen LogP contribution in [0, 0.1) is 5.92 Å². The van der Waals surface area contributed by atoms with E-state index in [0.29, 0.717) is 45.2 Å². The summed E-state index contributed by atoms with van der Waals surface area (Å²) in [6.07, 6.45) is 1.40. The maximum atomic E-state index is 11.5. The molecule has 160 valence electrons. The fraction of sp³-hybridized carbons (Fsp3) is 0.952. The van der Waals surface area contributed by atoms with Crippen LogP contribution in [0.1, 0.15) is 47.5 Å². The van der Waals surface area contributed by atoms with Gasteiger partial charge >= 0.3 is 0 Å². The highest BCUT2D eigenvalue weighted by molar-refractivity contribution is 5.80. The van der Waals surface area contributed by atoms with Gasteiger partial charge in [0.1, 0.15) is 5.78 Å². The third-order valence-corrected chi connectivity index (χ3v) is 4.97. The molecule has 0 aromatic heterocycles. The highest BCUT2D eigenvalue weighted by Crippen LogP contribution is 2.15. The van der Waals surface area contributed by atoms with E-state index in [2.05, 4.69) is 30.6 Å². The third-order valence-electron chi connectivity index (χ3n) is 4.97. The first-order valence-electron chi connectivity index (χ1n) is 10.5. The second-order valence-electron chi connectivity index (χ2n) is 8.56. The molecule has 0 bridgehead atoms. The van der Waals surface area contributed by atoms with Crippen molar-refractivity contribution in [2.24, 2.45) is 5.92 Å². The molecule has 0 radical (unpaired) electrons. The molecule has 0 spiro atoms. The molecule has 1 heterocycles. The summed E-state index contributed by atoms with van der Waals surface area (Å²) in [4.78, 5) is 16.5. The molecule has 0 unspecified atom stereocenters. The van der Waals surface area contributed by atoms with Crippen LogP contribution in [-0.2, 0) is 19.0 Å². The first-order valence-corrected chi connectivity index (χ1v) is 10.5. The van der Waals surface area contributed by atoms with E-state index in [1.165, 1.54) is 0 Å². The van der Waals surface area contributed by atoms with E-state index in [-0.39, 0.29) is 11.5 Å². The Bertz CT molecular complexity index is 388. The molecule has 0 amide bonds. The molecule has 1 fully saturated rings. The fourth-order valence-corrected chi connectivity index (χ4v) is 3.01. The second-order valence-corrected chi connectivity index (χ2v) is 8.56. The lowest BCUT2D eigenvalue weighted by molar-refractivity contribution is -0.122. The smallest absolute Gasteiger partial charge is 0.135 e. The van der Waals surface area contributed by atoms with Gasteiger partial charge in [-0.25, -0.2) is 0 Å². The van der Waals surface area contributed by atoms with Gasteiger partial charge in [-0.1, -0.05) is 13.8 Å². The highest BCUT2D eigenvalue weighted by atomic mass is 16.5. The number of piperazine rings is 1. The van der Waals surface area contributed by atoms with E-state index in [1.807, 2.05) is 13.8 Å². The van der Waals surface area contributed by atoms with Gasteiger partial charge in [0, 0.05) is 57.2 Å². The van der Waals surface area contributed by atoms with Crippen molar-refractivity contribution < 1.29 is 19.0 Å². The minimum absolute atomic E-state index is 0.126. The number of hydrogen-bond acceptors (Lipinski definition) is 6. The molecule has 6 nitrogen and oxygen atoms in total. The summed E-state index contributed by atoms with van der Waals surface area (Å²) in [6, 6.07) is 0. The van der Waals surface area contributed by atoms with Crippen molar-refractivity contribution in [3.63, 3.8) is 0 Å². The van der Waals surface area contributed by atoms with Gasteiger partial charge in [0.05, 0.1) is 33.0 Å². The predicted molar refractivity (Wildman–Crippen MR) is 109 cm³/mol. The summed E-state index contributed by atoms with van der Waals surface area (Å²) < 4.78 is 16.6. The van der Waals surface area contributed by atoms with Gasteiger partial charge in [-0.2, -0.15) is 0 Å². The summed E-state index contributed by atoms with van der Waals surface area (Å²) >= 11 is 0. The lowest BCUT2D eigenvalue weighted by Crippen LogP contribution is -2.53. The van der Waals surface area contributed by atoms with Crippen LogP contribution in [0.5, 0.6) is 0 Å². The summed E-state index contributed by atoms with van der Waals surface area (Å²) in [7, 11) is 0. The fourth-order valence-electron chi connectivity index (χ4n) is 3.01. The molecule has 0 aromatic carbocycles. The summed E-state index contributed by atoms with van der Waals surface area (Å²) in [5.74, 6) is 0.435. The van der Waals surface area contributed by atoms with Crippen molar-refractivity contribution in [2.45, 2.75) is 53.0 Å². The Hall–Kier alpha value is -0.530. The molecule has 0 saturated carbocycles. The standard InChI is InChI=1S/C21H42N2O4/c1-19(2)20(24)7-6-13-25-15-17-27-18-16-26-14-12-22-8-10-23(11-9-22)21(3,4)5/h19H,6-18H2,1-5H3. The van der Waals surface area contributed by atoms with Crippen molar-refractivity contribution in [1.29, 1.82) is 0 Å². The first-order chi connectivity index (χ1) is 12.8. The van der Waals surface area contributed by atoms with Gasteiger partial charge in [0.15, 0.2) is 0 Å². The minimum Gasteiger partial charge on any atom is -0.379 e. The summed E-state index contributed by atoms with van der Waals surface area (Å²) in [6.45, 7) is 20.0. The van der Waals surface area contributed by atoms with E-state index in [1.54, 1.807) is 0 Å². The monoisotopic (exact) mass is 386 g/mol. The Kier molecular flexibility index (Phi) is 12.4. The molecule has 1 aliphatic rings. The van der Waals surface area contributed by atoms with Crippen LogP contribution in [0.25, 0.3) is 0 Å². The first kappa shape index (κ1) is 24.5.